The minimum absolute atomic E-state index is 0.0845. The fraction of sp³-hybridized carbons (Fsp3) is 0.368. The molecule has 4 rings (SSSR count). The van der Waals surface area contributed by atoms with Crippen LogP contribution in [0.15, 0.2) is 36.7 Å². The SMILES string of the molecule is O=C(NC1CCNC1)c1cnc(Nc2ccc(NC(=O)C3CC3)cc2)nc1. The summed E-state index contributed by atoms with van der Waals surface area (Å²) in [7, 11) is 0. The Kier molecular flexibility index (Phi) is 4.97. The van der Waals surface area contributed by atoms with E-state index in [0.29, 0.717) is 11.5 Å². The molecule has 1 aromatic carbocycles. The number of nitrogens with zero attached hydrogens (tertiary/aromatic N) is 2. The van der Waals surface area contributed by atoms with Crippen molar-refractivity contribution in [2.24, 2.45) is 5.92 Å². The van der Waals surface area contributed by atoms with E-state index in [4.69, 9.17) is 0 Å². The third-order valence-corrected chi connectivity index (χ3v) is 4.67. The van der Waals surface area contributed by atoms with E-state index in [9.17, 15) is 9.59 Å². The second kappa shape index (κ2) is 7.71. The van der Waals surface area contributed by atoms with Crippen LogP contribution in [0.25, 0.3) is 0 Å². The lowest BCUT2D eigenvalue weighted by atomic mass is 10.2. The van der Waals surface area contributed by atoms with E-state index in [0.717, 1.165) is 43.7 Å². The van der Waals surface area contributed by atoms with Crippen molar-refractivity contribution in [2.75, 3.05) is 23.7 Å². The number of nitrogens with one attached hydrogen (secondary N) is 4. The number of carbonyl (C=O) groups is 2. The van der Waals surface area contributed by atoms with Crippen LogP contribution in [-0.4, -0.2) is 40.9 Å². The molecule has 2 aromatic rings. The van der Waals surface area contributed by atoms with Gasteiger partial charge in [-0.15, -0.1) is 0 Å². The zero-order valence-electron chi connectivity index (χ0n) is 14.9. The summed E-state index contributed by atoms with van der Waals surface area (Å²) < 4.78 is 0. The van der Waals surface area contributed by atoms with Crippen LogP contribution in [0, 0.1) is 5.92 Å². The first kappa shape index (κ1) is 17.4. The predicted molar refractivity (Wildman–Crippen MR) is 102 cm³/mol. The van der Waals surface area contributed by atoms with E-state index < -0.39 is 0 Å². The maximum atomic E-state index is 12.2. The molecule has 1 saturated carbocycles. The third-order valence-electron chi connectivity index (χ3n) is 4.67. The van der Waals surface area contributed by atoms with Crippen molar-refractivity contribution in [3.05, 3.63) is 42.2 Å². The Bertz CT molecular complexity index is 811. The molecule has 8 heteroatoms. The first-order valence-electron chi connectivity index (χ1n) is 9.19. The quantitative estimate of drug-likeness (QED) is 0.619. The molecule has 1 aliphatic carbocycles. The second-order valence-electron chi connectivity index (χ2n) is 6.92. The first-order valence-corrected chi connectivity index (χ1v) is 9.19. The highest BCUT2D eigenvalue weighted by molar-refractivity contribution is 5.94. The van der Waals surface area contributed by atoms with Gasteiger partial charge in [0.2, 0.25) is 11.9 Å². The lowest BCUT2D eigenvalue weighted by Crippen LogP contribution is -2.36. The molecule has 1 aliphatic heterocycles. The molecule has 140 valence electrons. The standard InChI is InChI=1S/C19H22N6O2/c26-17(12-1-2-12)23-14-3-5-15(6-4-14)25-19-21-9-13(10-22-19)18(27)24-16-7-8-20-11-16/h3-6,9-10,12,16,20H,1-2,7-8,11H2,(H,23,26)(H,24,27)(H,21,22,25). The number of amides is 2. The van der Waals surface area contributed by atoms with Gasteiger partial charge in [0.25, 0.3) is 5.91 Å². The van der Waals surface area contributed by atoms with Gasteiger partial charge < -0.3 is 21.3 Å². The van der Waals surface area contributed by atoms with Gasteiger partial charge in [-0.1, -0.05) is 0 Å². The van der Waals surface area contributed by atoms with Crippen molar-refractivity contribution in [3.63, 3.8) is 0 Å². The highest BCUT2D eigenvalue weighted by Crippen LogP contribution is 2.30. The van der Waals surface area contributed by atoms with Crippen molar-refractivity contribution < 1.29 is 9.59 Å². The van der Waals surface area contributed by atoms with Crippen LogP contribution in [0.3, 0.4) is 0 Å². The molecule has 2 heterocycles. The Morgan fingerprint density at radius 2 is 1.70 bits per heavy atom. The molecule has 0 bridgehead atoms. The van der Waals surface area contributed by atoms with Gasteiger partial charge in [-0.3, -0.25) is 9.59 Å². The summed E-state index contributed by atoms with van der Waals surface area (Å²) >= 11 is 0. The Labute approximate surface area is 157 Å². The Hall–Kier alpha value is -3.00. The summed E-state index contributed by atoms with van der Waals surface area (Å²) in [5.41, 5.74) is 2.01. The van der Waals surface area contributed by atoms with Crippen LogP contribution < -0.4 is 21.3 Å². The molecule has 1 atom stereocenters. The van der Waals surface area contributed by atoms with E-state index in [2.05, 4.69) is 31.2 Å². The van der Waals surface area contributed by atoms with Gasteiger partial charge in [-0.25, -0.2) is 9.97 Å². The maximum Gasteiger partial charge on any atom is 0.254 e. The van der Waals surface area contributed by atoms with Crippen molar-refractivity contribution >= 4 is 29.1 Å². The van der Waals surface area contributed by atoms with Crippen molar-refractivity contribution in [1.29, 1.82) is 0 Å². The summed E-state index contributed by atoms with van der Waals surface area (Å²) in [6, 6.07) is 7.52. The van der Waals surface area contributed by atoms with E-state index in [1.807, 2.05) is 24.3 Å². The lowest BCUT2D eigenvalue weighted by molar-refractivity contribution is -0.117. The molecule has 2 aliphatic rings. The predicted octanol–water partition coefficient (Wildman–Crippen LogP) is 1.66. The zero-order chi connectivity index (χ0) is 18.6. The van der Waals surface area contributed by atoms with Gasteiger partial charge in [-0.05, 0) is 50.1 Å². The fourth-order valence-corrected chi connectivity index (χ4v) is 2.91. The van der Waals surface area contributed by atoms with Crippen LogP contribution in [0.2, 0.25) is 0 Å². The van der Waals surface area contributed by atoms with Gasteiger partial charge in [0.15, 0.2) is 0 Å². The normalized spacial score (nSPS) is 18.7. The summed E-state index contributed by atoms with van der Waals surface area (Å²) in [5, 5.41) is 12.2. The molecule has 2 fully saturated rings. The van der Waals surface area contributed by atoms with Gasteiger partial charge >= 0.3 is 0 Å². The molecule has 0 spiro atoms. The third kappa shape index (κ3) is 4.59. The van der Waals surface area contributed by atoms with E-state index in [-0.39, 0.29) is 23.8 Å². The molecule has 1 unspecified atom stereocenters. The second-order valence-corrected chi connectivity index (χ2v) is 6.92. The summed E-state index contributed by atoms with van der Waals surface area (Å²) in [6.07, 6.45) is 5.92. The van der Waals surface area contributed by atoms with E-state index in [1.54, 1.807) is 0 Å². The van der Waals surface area contributed by atoms with Crippen LogP contribution in [0.4, 0.5) is 17.3 Å². The zero-order valence-corrected chi connectivity index (χ0v) is 14.9. The minimum atomic E-state index is -0.161. The Morgan fingerprint density at radius 3 is 2.33 bits per heavy atom. The van der Waals surface area contributed by atoms with Gasteiger partial charge in [-0.2, -0.15) is 0 Å². The number of aromatic nitrogens is 2. The monoisotopic (exact) mass is 366 g/mol. The lowest BCUT2D eigenvalue weighted by Gasteiger charge is -2.11. The Morgan fingerprint density at radius 1 is 1.00 bits per heavy atom. The fourth-order valence-electron chi connectivity index (χ4n) is 2.91. The number of hydrogen-bond acceptors (Lipinski definition) is 6. The summed E-state index contributed by atoms with van der Waals surface area (Å²) in [6.45, 7) is 1.72. The van der Waals surface area contributed by atoms with Crippen LogP contribution >= 0.6 is 0 Å². The van der Waals surface area contributed by atoms with Crippen molar-refractivity contribution in [1.82, 2.24) is 20.6 Å². The molecular formula is C19H22N6O2. The minimum Gasteiger partial charge on any atom is -0.348 e. The maximum absolute atomic E-state index is 12.2. The number of benzene rings is 1. The average Bonchev–Trinajstić information content (AvgIpc) is 3.42. The topological polar surface area (TPSA) is 108 Å². The van der Waals surface area contributed by atoms with Crippen LogP contribution in [-0.2, 0) is 4.79 Å². The van der Waals surface area contributed by atoms with E-state index >= 15 is 0 Å². The summed E-state index contributed by atoms with van der Waals surface area (Å²) in [4.78, 5) is 32.3. The van der Waals surface area contributed by atoms with Gasteiger partial charge in [0.1, 0.15) is 0 Å². The first-order chi connectivity index (χ1) is 13.2. The molecule has 27 heavy (non-hydrogen) atoms. The molecule has 2 amide bonds. The number of hydrogen-bond donors (Lipinski definition) is 4. The molecule has 1 aromatic heterocycles. The van der Waals surface area contributed by atoms with Gasteiger partial charge in [0, 0.05) is 42.3 Å². The average molecular weight is 366 g/mol. The number of carbonyl (C=O) groups excluding carboxylic acids is 2. The van der Waals surface area contributed by atoms with Crippen molar-refractivity contribution in [2.45, 2.75) is 25.3 Å². The smallest absolute Gasteiger partial charge is 0.254 e. The number of rotatable bonds is 6. The molecule has 1 saturated heterocycles. The van der Waals surface area contributed by atoms with Crippen LogP contribution in [0.5, 0.6) is 0 Å². The molecule has 8 nitrogen and oxygen atoms in total. The van der Waals surface area contributed by atoms with Gasteiger partial charge in [0.05, 0.1) is 5.56 Å². The van der Waals surface area contributed by atoms with Crippen LogP contribution in [0.1, 0.15) is 29.6 Å². The molecule has 4 N–H and O–H groups in total. The Balaban J connectivity index is 1.32. The molecular weight excluding hydrogens is 344 g/mol. The van der Waals surface area contributed by atoms with E-state index in [1.165, 1.54) is 12.4 Å². The highest BCUT2D eigenvalue weighted by atomic mass is 16.2. The number of anilines is 3. The highest BCUT2D eigenvalue weighted by Gasteiger charge is 2.29. The summed E-state index contributed by atoms with van der Waals surface area (Å²) in [5.74, 6) is 0.507. The molecule has 0 radical (unpaired) electrons. The van der Waals surface area contributed by atoms with Crippen molar-refractivity contribution in [3.8, 4) is 0 Å². The largest absolute Gasteiger partial charge is 0.348 e.